The van der Waals surface area contributed by atoms with Gasteiger partial charge in [-0.2, -0.15) is 13.2 Å². The van der Waals surface area contributed by atoms with E-state index in [9.17, 15) is 26.4 Å². The lowest BCUT2D eigenvalue weighted by Gasteiger charge is -2.21. The fourth-order valence-corrected chi connectivity index (χ4v) is 2.98. The molecule has 0 fully saturated rings. The van der Waals surface area contributed by atoms with Crippen LogP contribution in [0.1, 0.15) is 36.8 Å². The summed E-state index contributed by atoms with van der Waals surface area (Å²) in [7, 11) is -4.52. The number of alkyl halides is 3. The van der Waals surface area contributed by atoms with E-state index in [1.807, 2.05) is 0 Å². The third-order valence-corrected chi connectivity index (χ3v) is 3.78. The Bertz CT molecular complexity index is 663. The van der Waals surface area contributed by atoms with Crippen LogP contribution < -0.4 is 4.72 Å². The zero-order valence-corrected chi connectivity index (χ0v) is 12.1. The van der Waals surface area contributed by atoms with E-state index in [4.69, 9.17) is 5.11 Å². The molecule has 118 valence electrons. The summed E-state index contributed by atoms with van der Waals surface area (Å²) in [5.74, 6) is -1.69. The molecular formula is C11H13F3N2O4S. The molecule has 0 amide bonds. The molecule has 21 heavy (non-hydrogen) atoms. The second kappa shape index (κ2) is 5.26. The first-order chi connectivity index (χ1) is 9.24. The van der Waals surface area contributed by atoms with Crippen molar-refractivity contribution in [2.24, 2.45) is 0 Å². The Hall–Kier alpha value is -1.68. The highest BCUT2D eigenvalue weighted by Crippen LogP contribution is 2.29. The van der Waals surface area contributed by atoms with Crippen LogP contribution in [-0.2, 0) is 16.2 Å². The Morgan fingerprint density at radius 1 is 1.24 bits per heavy atom. The summed E-state index contributed by atoms with van der Waals surface area (Å²) >= 11 is 0. The Balaban J connectivity index is 3.54. The topological polar surface area (TPSA) is 96.4 Å². The summed E-state index contributed by atoms with van der Waals surface area (Å²) in [6.07, 6.45) is -4.89. The molecule has 2 N–H and O–H groups in total. The van der Waals surface area contributed by atoms with Gasteiger partial charge in [0.25, 0.3) is 10.0 Å². The normalized spacial score (nSPS) is 13.2. The molecule has 1 aromatic heterocycles. The number of carboxylic acid groups (broad SMARTS) is 1. The number of halogens is 3. The predicted molar refractivity (Wildman–Crippen MR) is 66.3 cm³/mol. The zero-order valence-electron chi connectivity index (χ0n) is 11.3. The number of rotatable bonds is 3. The molecule has 6 nitrogen and oxygen atoms in total. The van der Waals surface area contributed by atoms with E-state index < -0.39 is 44.0 Å². The number of pyridine rings is 1. The van der Waals surface area contributed by atoms with E-state index in [2.05, 4.69) is 9.71 Å². The third kappa shape index (κ3) is 4.39. The van der Waals surface area contributed by atoms with E-state index in [1.165, 1.54) is 20.8 Å². The van der Waals surface area contributed by atoms with Crippen molar-refractivity contribution in [3.05, 3.63) is 23.4 Å². The van der Waals surface area contributed by atoms with Gasteiger partial charge < -0.3 is 5.11 Å². The molecule has 0 atom stereocenters. The minimum atomic E-state index is -4.89. The minimum absolute atomic E-state index is 0.416. The molecule has 0 spiro atoms. The zero-order chi connectivity index (χ0) is 16.6. The van der Waals surface area contributed by atoms with Gasteiger partial charge >= 0.3 is 12.1 Å². The van der Waals surface area contributed by atoms with Crippen LogP contribution in [-0.4, -0.2) is 30.0 Å². The molecule has 1 heterocycles. The number of nitrogens with zero attached hydrogens (tertiary/aromatic N) is 1. The van der Waals surface area contributed by atoms with Crippen molar-refractivity contribution in [3.63, 3.8) is 0 Å². The molecular weight excluding hydrogens is 313 g/mol. The van der Waals surface area contributed by atoms with Gasteiger partial charge in [0.05, 0.1) is 5.56 Å². The molecule has 0 aliphatic heterocycles. The largest absolute Gasteiger partial charge is 0.478 e. The van der Waals surface area contributed by atoms with Crippen molar-refractivity contribution in [2.45, 2.75) is 37.5 Å². The van der Waals surface area contributed by atoms with Crippen molar-refractivity contribution in [2.75, 3.05) is 0 Å². The van der Waals surface area contributed by atoms with Crippen LogP contribution >= 0.6 is 0 Å². The Morgan fingerprint density at radius 3 is 2.14 bits per heavy atom. The monoisotopic (exact) mass is 326 g/mol. The number of carbonyl (C=O) groups is 1. The first-order valence-corrected chi connectivity index (χ1v) is 7.08. The van der Waals surface area contributed by atoms with E-state index in [1.54, 1.807) is 0 Å². The van der Waals surface area contributed by atoms with Gasteiger partial charge in [-0.05, 0) is 32.9 Å². The van der Waals surface area contributed by atoms with Gasteiger partial charge in [0.1, 0.15) is 5.69 Å². The van der Waals surface area contributed by atoms with Crippen LogP contribution in [0.3, 0.4) is 0 Å². The first kappa shape index (κ1) is 17.4. The summed E-state index contributed by atoms with van der Waals surface area (Å²) in [6, 6.07) is 0.981. The second-order valence-electron chi connectivity index (χ2n) is 5.21. The molecule has 0 bridgehead atoms. The Labute approximate surface area is 119 Å². The van der Waals surface area contributed by atoms with Crippen LogP contribution in [0, 0.1) is 0 Å². The Morgan fingerprint density at radius 2 is 1.76 bits per heavy atom. The second-order valence-corrected chi connectivity index (χ2v) is 6.81. The van der Waals surface area contributed by atoms with Gasteiger partial charge in [-0.1, -0.05) is 0 Å². The highest BCUT2D eigenvalue weighted by Gasteiger charge is 2.36. The molecule has 1 rings (SSSR count). The number of carboxylic acids is 1. The molecule has 0 unspecified atom stereocenters. The summed E-state index contributed by atoms with van der Waals surface area (Å²) in [4.78, 5) is 13.9. The summed E-state index contributed by atoms with van der Waals surface area (Å²) in [5, 5.41) is 7.74. The number of aromatic nitrogens is 1. The summed E-state index contributed by atoms with van der Waals surface area (Å²) in [6.45, 7) is 4.37. The molecule has 0 radical (unpaired) electrons. The number of nitrogens with one attached hydrogen (secondary N) is 1. The van der Waals surface area contributed by atoms with Gasteiger partial charge in [0, 0.05) is 5.54 Å². The predicted octanol–water partition coefficient (Wildman–Crippen LogP) is 1.88. The highest BCUT2D eigenvalue weighted by molar-refractivity contribution is 7.89. The lowest BCUT2D eigenvalue weighted by molar-refractivity contribution is -0.141. The SMILES string of the molecule is CC(C)(C)NS(=O)(=O)c1nc(C(F)(F)F)ccc1C(=O)O. The minimum Gasteiger partial charge on any atom is -0.478 e. The van der Waals surface area contributed by atoms with E-state index in [-0.39, 0.29) is 0 Å². The molecule has 10 heteroatoms. The maximum absolute atomic E-state index is 12.6. The van der Waals surface area contributed by atoms with Crippen molar-refractivity contribution in [1.29, 1.82) is 0 Å². The smallest absolute Gasteiger partial charge is 0.433 e. The van der Waals surface area contributed by atoms with E-state index in [0.717, 1.165) is 0 Å². The van der Waals surface area contributed by atoms with Crippen LogP contribution in [0.25, 0.3) is 0 Å². The molecule has 0 saturated carbocycles. The molecule has 1 aromatic rings. The van der Waals surface area contributed by atoms with Gasteiger partial charge in [0.15, 0.2) is 5.03 Å². The fraction of sp³-hybridized carbons (Fsp3) is 0.455. The van der Waals surface area contributed by atoms with Crippen LogP contribution in [0.4, 0.5) is 13.2 Å². The van der Waals surface area contributed by atoms with Crippen LogP contribution in [0.2, 0.25) is 0 Å². The lowest BCUT2D eigenvalue weighted by atomic mass is 10.1. The van der Waals surface area contributed by atoms with Crippen molar-refractivity contribution in [1.82, 2.24) is 9.71 Å². The van der Waals surface area contributed by atoms with Crippen LogP contribution in [0.5, 0.6) is 0 Å². The van der Waals surface area contributed by atoms with Gasteiger partial charge in [-0.25, -0.2) is 22.9 Å². The average Bonchev–Trinajstić information content (AvgIpc) is 2.23. The summed E-state index contributed by atoms with van der Waals surface area (Å²) in [5.41, 5.74) is -3.33. The van der Waals surface area contributed by atoms with Crippen molar-refractivity contribution >= 4 is 16.0 Å². The highest BCUT2D eigenvalue weighted by atomic mass is 32.2. The van der Waals surface area contributed by atoms with Gasteiger partial charge in [-0.15, -0.1) is 0 Å². The molecule has 0 aromatic carbocycles. The number of sulfonamides is 1. The van der Waals surface area contributed by atoms with E-state index in [0.29, 0.717) is 12.1 Å². The number of hydrogen-bond acceptors (Lipinski definition) is 4. The number of hydrogen-bond donors (Lipinski definition) is 2. The maximum atomic E-state index is 12.6. The van der Waals surface area contributed by atoms with Crippen molar-refractivity contribution in [3.8, 4) is 0 Å². The van der Waals surface area contributed by atoms with Gasteiger partial charge in [0.2, 0.25) is 0 Å². The van der Waals surface area contributed by atoms with E-state index >= 15 is 0 Å². The molecule has 0 aliphatic carbocycles. The Kier molecular flexibility index (Phi) is 4.35. The average molecular weight is 326 g/mol. The van der Waals surface area contributed by atoms with Crippen LogP contribution in [0.15, 0.2) is 17.2 Å². The first-order valence-electron chi connectivity index (χ1n) is 5.59. The molecule has 0 aliphatic rings. The molecule has 0 saturated heterocycles. The fourth-order valence-electron chi connectivity index (χ4n) is 1.42. The quantitative estimate of drug-likeness (QED) is 0.884. The van der Waals surface area contributed by atoms with Crippen molar-refractivity contribution < 1.29 is 31.5 Å². The number of aromatic carboxylic acids is 1. The van der Waals surface area contributed by atoms with Gasteiger partial charge in [-0.3, -0.25) is 0 Å². The summed E-state index contributed by atoms with van der Waals surface area (Å²) < 4.78 is 64.0. The lowest BCUT2D eigenvalue weighted by Crippen LogP contribution is -2.41. The third-order valence-electron chi connectivity index (χ3n) is 2.08. The maximum Gasteiger partial charge on any atom is 0.433 e. The standard InChI is InChI=1S/C11H13F3N2O4S/c1-10(2,3)16-21(19,20)8-6(9(17)18)4-5-7(15-8)11(12,13)14/h4-5,16H,1-3H3,(H,17,18).